The molecule has 1 amide bonds. The number of benzene rings is 2. The van der Waals surface area contributed by atoms with Crippen molar-refractivity contribution >= 4 is 11.6 Å². The van der Waals surface area contributed by atoms with E-state index < -0.39 is 0 Å². The first-order valence-corrected chi connectivity index (χ1v) is 8.62. The average Bonchev–Trinajstić information content (AvgIpc) is 2.94. The molecule has 1 aliphatic heterocycles. The maximum Gasteiger partial charge on any atom is 0.257 e. The maximum absolute atomic E-state index is 13.0. The van der Waals surface area contributed by atoms with Gasteiger partial charge in [-0.15, -0.1) is 0 Å². The van der Waals surface area contributed by atoms with Crippen molar-refractivity contribution in [3.8, 4) is 22.8 Å². The number of ether oxygens (including phenoxy) is 2. The molecular formula is C21H17FN2O3. The van der Waals surface area contributed by atoms with Gasteiger partial charge in [-0.1, -0.05) is 0 Å². The van der Waals surface area contributed by atoms with Crippen molar-refractivity contribution in [1.82, 2.24) is 4.98 Å². The summed E-state index contributed by atoms with van der Waals surface area (Å²) in [5.41, 5.74) is 2.49. The number of nitrogens with one attached hydrogen (secondary N) is 1. The molecule has 1 aromatic heterocycles. The van der Waals surface area contributed by atoms with Gasteiger partial charge in [0.25, 0.3) is 5.91 Å². The first kappa shape index (κ1) is 17.0. The van der Waals surface area contributed by atoms with Crippen LogP contribution in [0.3, 0.4) is 0 Å². The predicted molar refractivity (Wildman–Crippen MR) is 99.6 cm³/mol. The van der Waals surface area contributed by atoms with Crippen LogP contribution < -0.4 is 14.8 Å². The molecule has 27 heavy (non-hydrogen) atoms. The molecule has 0 aliphatic carbocycles. The first-order chi connectivity index (χ1) is 13.2. The van der Waals surface area contributed by atoms with Crippen LogP contribution >= 0.6 is 0 Å². The van der Waals surface area contributed by atoms with Crippen molar-refractivity contribution in [3.63, 3.8) is 0 Å². The van der Waals surface area contributed by atoms with Crippen LogP contribution in [0.5, 0.6) is 11.5 Å². The zero-order valence-electron chi connectivity index (χ0n) is 14.4. The number of anilines is 1. The lowest BCUT2D eigenvalue weighted by atomic mass is 10.1. The standard InChI is InChI=1S/C21H17FN2O3/c22-16-5-2-14(3-6-16)18-8-4-15(13-23-18)21(25)24-17-7-9-19-20(12-17)27-11-1-10-26-19/h2-9,12-13H,1,10-11H2,(H,24,25). The van der Waals surface area contributed by atoms with Crippen LogP contribution in [0, 0.1) is 5.82 Å². The SMILES string of the molecule is O=C(Nc1ccc2c(c1)OCCCO2)c1ccc(-c2ccc(F)cc2)nc1. The molecule has 0 radical (unpaired) electrons. The van der Waals surface area contributed by atoms with Gasteiger partial charge in [0.15, 0.2) is 11.5 Å². The number of carbonyl (C=O) groups is 1. The van der Waals surface area contributed by atoms with Gasteiger partial charge < -0.3 is 14.8 Å². The molecule has 0 fully saturated rings. The summed E-state index contributed by atoms with van der Waals surface area (Å²) < 4.78 is 24.2. The number of halogens is 1. The van der Waals surface area contributed by atoms with Crippen molar-refractivity contribution in [2.75, 3.05) is 18.5 Å². The molecule has 0 bridgehead atoms. The molecule has 1 N–H and O–H groups in total. The van der Waals surface area contributed by atoms with Crippen LogP contribution in [-0.2, 0) is 0 Å². The first-order valence-electron chi connectivity index (χ1n) is 8.62. The van der Waals surface area contributed by atoms with Crippen molar-refractivity contribution < 1.29 is 18.7 Å². The number of pyridine rings is 1. The minimum atomic E-state index is -0.301. The van der Waals surface area contributed by atoms with Crippen molar-refractivity contribution in [2.24, 2.45) is 0 Å². The van der Waals surface area contributed by atoms with Gasteiger partial charge in [0.1, 0.15) is 5.82 Å². The summed E-state index contributed by atoms with van der Waals surface area (Å²) in [6.07, 6.45) is 2.32. The number of hydrogen-bond donors (Lipinski definition) is 1. The van der Waals surface area contributed by atoms with E-state index in [-0.39, 0.29) is 11.7 Å². The van der Waals surface area contributed by atoms with Crippen LogP contribution in [-0.4, -0.2) is 24.1 Å². The second kappa shape index (κ2) is 7.45. The second-order valence-electron chi connectivity index (χ2n) is 6.11. The Balaban J connectivity index is 1.48. The van der Waals surface area contributed by atoms with E-state index in [2.05, 4.69) is 10.3 Å². The Morgan fingerprint density at radius 2 is 1.74 bits per heavy atom. The Morgan fingerprint density at radius 1 is 0.963 bits per heavy atom. The topological polar surface area (TPSA) is 60.5 Å². The van der Waals surface area contributed by atoms with E-state index in [0.29, 0.717) is 41.7 Å². The number of carbonyl (C=O) groups excluding carboxylic acids is 1. The third kappa shape index (κ3) is 3.89. The van der Waals surface area contributed by atoms with Crippen molar-refractivity contribution in [3.05, 3.63) is 72.2 Å². The minimum absolute atomic E-state index is 0.275. The van der Waals surface area contributed by atoms with Gasteiger partial charge in [0.2, 0.25) is 0 Å². The fourth-order valence-electron chi connectivity index (χ4n) is 2.76. The number of hydrogen-bond acceptors (Lipinski definition) is 4. The number of fused-ring (bicyclic) bond motifs is 1. The highest BCUT2D eigenvalue weighted by Gasteiger charge is 2.13. The summed E-state index contributed by atoms with van der Waals surface area (Å²) in [6, 6.07) is 14.8. The van der Waals surface area contributed by atoms with Crippen LogP contribution in [0.25, 0.3) is 11.3 Å². The van der Waals surface area contributed by atoms with Gasteiger partial charge in [-0.05, 0) is 48.5 Å². The Kier molecular flexibility index (Phi) is 4.70. The van der Waals surface area contributed by atoms with E-state index in [1.54, 1.807) is 42.5 Å². The zero-order valence-corrected chi connectivity index (χ0v) is 14.4. The number of nitrogens with zero attached hydrogens (tertiary/aromatic N) is 1. The molecule has 3 aromatic rings. The smallest absolute Gasteiger partial charge is 0.257 e. The highest BCUT2D eigenvalue weighted by Crippen LogP contribution is 2.32. The summed E-state index contributed by atoms with van der Waals surface area (Å²) in [5.74, 6) is 0.721. The molecule has 0 saturated heterocycles. The fraction of sp³-hybridized carbons (Fsp3) is 0.143. The molecular weight excluding hydrogens is 347 g/mol. The third-order valence-corrected chi connectivity index (χ3v) is 4.17. The van der Waals surface area contributed by atoms with Gasteiger partial charge in [-0.2, -0.15) is 0 Å². The van der Waals surface area contributed by atoms with Gasteiger partial charge in [-0.25, -0.2) is 4.39 Å². The lowest BCUT2D eigenvalue weighted by molar-refractivity contribution is 0.102. The highest BCUT2D eigenvalue weighted by molar-refractivity contribution is 6.04. The van der Waals surface area contributed by atoms with E-state index in [1.807, 2.05) is 0 Å². The monoisotopic (exact) mass is 364 g/mol. The molecule has 0 spiro atoms. The summed E-state index contributed by atoms with van der Waals surface area (Å²) in [5, 5.41) is 2.83. The summed E-state index contributed by atoms with van der Waals surface area (Å²) in [6.45, 7) is 1.20. The molecule has 5 nitrogen and oxygen atoms in total. The third-order valence-electron chi connectivity index (χ3n) is 4.17. The average molecular weight is 364 g/mol. The van der Waals surface area contributed by atoms with Crippen molar-refractivity contribution in [2.45, 2.75) is 6.42 Å². The predicted octanol–water partition coefficient (Wildman–Crippen LogP) is 4.30. The molecule has 2 aromatic carbocycles. The second-order valence-corrected chi connectivity index (χ2v) is 6.11. The highest BCUT2D eigenvalue weighted by atomic mass is 19.1. The lowest BCUT2D eigenvalue weighted by Crippen LogP contribution is -2.12. The molecule has 4 rings (SSSR count). The Bertz CT molecular complexity index is 956. The van der Waals surface area contributed by atoms with Crippen LogP contribution in [0.15, 0.2) is 60.8 Å². The van der Waals surface area contributed by atoms with Gasteiger partial charge >= 0.3 is 0 Å². The van der Waals surface area contributed by atoms with E-state index in [4.69, 9.17) is 9.47 Å². The molecule has 0 saturated carbocycles. The van der Waals surface area contributed by atoms with Crippen molar-refractivity contribution in [1.29, 1.82) is 0 Å². The van der Waals surface area contributed by atoms with Crippen LogP contribution in [0.4, 0.5) is 10.1 Å². The minimum Gasteiger partial charge on any atom is -0.490 e. The number of rotatable bonds is 3. The quantitative estimate of drug-likeness (QED) is 0.753. The Hall–Kier alpha value is -3.41. The van der Waals surface area contributed by atoms with E-state index in [9.17, 15) is 9.18 Å². The maximum atomic E-state index is 13.0. The molecule has 0 atom stereocenters. The summed E-state index contributed by atoms with van der Waals surface area (Å²) in [4.78, 5) is 16.8. The van der Waals surface area contributed by atoms with E-state index >= 15 is 0 Å². The molecule has 2 heterocycles. The van der Waals surface area contributed by atoms with Crippen LogP contribution in [0.2, 0.25) is 0 Å². The zero-order chi connectivity index (χ0) is 18.6. The molecule has 6 heteroatoms. The molecule has 0 unspecified atom stereocenters. The number of amides is 1. The molecule has 1 aliphatic rings. The van der Waals surface area contributed by atoms with Gasteiger partial charge in [0.05, 0.1) is 24.5 Å². The summed E-state index contributed by atoms with van der Waals surface area (Å²) >= 11 is 0. The normalized spacial score (nSPS) is 12.9. The molecule has 136 valence electrons. The summed E-state index contributed by atoms with van der Waals surface area (Å²) in [7, 11) is 0. The fourth-order valence-corrected chi connectivity index (χ4v) is 2.76. The van der Waals surface area contributed by atoms with E-state index in [1.165, 1.54) is 18.3 Å². The lowest BCUT2D eigenvalue weighted by Gasteiger charge is -2.10. The number of aromatic nitrogens is 1. The van der Waals surface area contributed by atoms with E-state index in [0.717, 1.165) is 12.0 Å². The van der Waals surface area contributed by atoms with Gasteiger partial charge in [0, 0.05) is 29.9 Å². The Morgan fingerprint density at radius 3 is 2.48 bits per heavy atom. The Labute approximate surface area is 155 Å². The van der Waals surface area contributed by atoms with Gasteiger partial charge in [-0.3, -0.25) is 9.78 Å². The largest absolute Gasteiger partial charge is 0.490 e. The van der Waals surface area contributed by atoms with Crippen LogP contribution in [0.1, 0.15) is 16.8 Å².